The van der Waals surface area contributed by atoms with Gasteiger partial charge in [0.15, 0.2) is 0 Å². The first-order valence-electron chi connectivity index (χ1n) is 12.1. The number of aliphatic carboxylic acids is 1. The van der Waals surface area contributed by atoms with E-state index in [0.29, 0.717) is 22.4 Å². The molecule has 4 rings (SSSR count). The number of rotatable bonds is 13. The molecule has 4 aromatic rings. The Morgan fingerprint density at radius 3 is 2.42 bits per heavy atom. The van der Waals surface area contributed by atoms with Crippen molar-refractivity contribution in [3.8, 4) is 22.6 Å². The highest BCUT2D eigenvalue weighted by Crippen LogP contribution is 2.36. The normalized spacial score (nSPS) is 11.0. The number of pyridine rings is 1. The Bertz CT molecular complexity index is 1460. The number of carbonyl (C=O) groups is 2. The summed E-state index contributed by atoms with van der Waals surface area (Å²) in [5.74, 6) is 0.0174. The van der Waals surface area contributed by atoms with Gasteiger partial charge in [0.05, 0.1) is 32.8 Å². The molecular weight excluding hydrogens is 490 g/mol. The number of ether oxygens (including phenoxy) is 3. The van der Waals surface area contributed by atoms with E-state index in [1.807, 2.05) is 54.6 Å². The molecule has 0 fully saturated rings. The van der Waals surface area contributed by atoms with Crippen LogP contribution in [0.2, 0.25) is 0 Å². The van der Waals surface area contributed by atoms with Gasteiger partial charge >= 0.3 is 5.97 Å². The van der Waals surface area contributed by atoms with Gasteiger partial charge in [-0.15, -0.1) is 0 Å². The fraction of sp³-hybridized carbons (Fsp3) is 0.250. The summed E-state index contributed by atoms with van der Waals surface area (Å²) < 4.78 is 18.1. The molecule has 0 aliphatic carbocycles. The molecule has 2 heterocycles. The van der Waals surface area contributed by atoms with Crippen molar-refractivity contribution in [3.05, 3.63) is 82.9 Å². The van der Waals surface area contributed by atoms with E-state index in [1.165, 1.54) is 4.57 Å². The number of H-pyrrole nitrogens is 1. The molecule has 0 spiro atoms. The van der Waals surface area contributed by atoms with E-state index < -0.39 is 5.97 Å². The summed E-state index contributed by atoms with van der Waals surface area (Å²) in [6.45, 7) is 1.18. The van der Waals surface area contributed by atoms with Crippen molar-refractivity contribution in [1.29, 1.82) is 0 Å². The monoisotopic (exact) mass is 519 g/mol. The summed E-state index contributed by atoms with van der Waals surface area (Å²) in [6.07, 6.45) is 1.68. The van der Waals surface area contributed by atoms with Crippen LogP contribution in [0.5, 0.6) is 11.5 Å². The number of amides is 1. The van der Waals surface area contributed by atoms with Crippen LogP contribution >= 0.6 is 0 Å². The summed E-state index contributed by atoms with van der Waals surface area (Å²) in [6, 6.07) is 18.6. The number of carboxylic acids is 1. The number of nitrogens with zero attached hydrogens (tertiary/aromatic N) is 1. The van der Waals surface area contributed by atoms with Gasteiger partial charge in [-0.3, -0.25) is 14.4 Å². The molecule has 1 amide bonds. The maximum absolute atomic E-state index is 12.9. The molecule has 0 aliphatic rings. The Kier molecular flexibility index (Phi) is 8.91. The Morgan fingerprint density at radius 1 is 0.947 bits per heavy atom. The van der Waals surface area contributed by atoms with E-state index in [9.17, 15) is 14.4 Å². The Morgan fingerprint density at radius 2 is 1.66 bits per heavy atom. The van der Waals surface area contributed by atoms with Crippen molar-refractivity contribution >= 4 is 22.8 Å². The molecule has 0 saturated carbocycles. The average Bonchev–Trinajstić information content (AvgIpc) is 3.37. The highest BCUT2D eigenvalue weighted by Gasteiger charge is 2.18. The second kappa shape index (κ2) is 12.7. The smallest absolute Gasteiger partial charge is 0.305 e. The average molecular weight is 520 g/mol. The molecule has 38 heavy (non-hydrogen) atoms. The summed E-state index contributed by atoms with van der Waals surface area (Å²) in [5.41, 5.74) is 1.84. The third kappa shape index (κ3) is 6.67. The fourth-order valence-corrected chi connectivity index (χ4v) is 3.88. The maximum atomic E-state index is 12.9. The standard InChI is InChI=1S/C28H29N3O7/c1-31-18-22(20-9-5-6-10-24(20)38-19-7-3-2-4-8-19)21-17-23(30-26(21)28(31)35)27(34)29-12-14-37-16-15-36-13-11-25(32)33/h2-10,17-18,30H,11-16H2,1H3,(H,29,34)(H,32,33). The van der Waals surface area contributed by atoms with Gasteiger partial charge in [-0.25, -0.2) is 0 Å². The van der Waals surface area contributed by atoms with E-state index in [1.54, 1.807) is 19.3 Å². The molecule has 0 saturated heterocycles. The summed E-state index contributed by atoms with van der Waals surface area (Å²) in [4.78, 5) is 39.1. The van der Waals surface area contributed by atoms with Gasteiger partial charge in [0.2, 0.25) is 0 Å². The number of hydrogen-bond acceptors (Lipinski definition) is 6. The first-order chi connectivity index (χ1) is 18.4. The summed E-state index contributed by atoms with van der Waals surface area (Å²) in [7, 11) is 1.66. The number of carboxylic acid groups (broad SMARTS) is 1. The van der Waals surface area contributed by atoms with Crippen LogP contribution in [0, 0.1) is 0 Å². The number of aromatic nitrogens is 2. The highest BCUT2D eigenvalue weighted by atomic mass is 16.5. The molecule has 198 valence electrons. The van der Waals surface area contributed by atoms with Gasteiger partial charge in [0.1, 0.15) is 22.7 Å². The summed E-state index contributed by atoms with van der Waals surface area (Å²) in [5, 5.41) is 11.9. The first kappa shape index (κ1) is 26.6. The molecule has 0 radical (unpaired) electrons. The second-order valence-corrected chi connectivity index (χ2v) is 8.47. The largest absolute Gasteiger partial charge is 0.481 e. The van der Waals surface area contributed by atoms with Crippen molar-refractivity contribution in [2.75, 3.05) is 33.0 Å². The van der Waals surface area contributed by atoms with E-state index >= 15 is 0 Å². The highest BCUT2D eigenvalue weighted by molar-refractivity contribution is 6.03. The maximum Gasteiger partial charge on any atom is 0.305 e. The SMILES string of the molecule is Cn1cc(-c2ccccc2Oc2ccccc2)c2cc(C(=O)NCCOCCOCCC(=O)O)[nH]c2c1=O. The number of hydrogen-bond donors (Lipinski definition) is 3. The number of para-hydroxylation sites is 2. The Labute approximate surface area is 218 Å². The molecule has 2 aromatic carbocycles. The van der Waals surface area contributed by atoms with Crippen LogP contribution in [-0.4, -0.2) is 59.5 Å². The van der Waals surface area contributed by atoms with Gasteiger partial charge in [0, 0.05) is 36.3 Å². The number of carbonyl (C=O) groups excluding carboxylic acids is 1. The number of nitrogens with one attached hydrogen (secondary N) is 2. The van der Waals surface area contributed by atoms with Crippen LogP contribution in [0.3, 0.4) is 0 Å². The molecular formula is C28H29N3O7. The third-order valence-electron chi connectivity index (χ3n) is 5.72. The molecule has 3 N–H and O–H groups in total. The van der Waals surface area contributed by atoms with Gasteiger partial charge in [-0.05, 0) is 24.3 Å². The lowest BCUT2D eigenvalue weighted by Crippen LogP contribution is -2.28. The van der Waals surface area contributed by atoms with E-state index in [-0.39, 0.29) is 56.6 Å². The predicted octanol–water partition coefficient (Wildman–Crippen LogP) is 3.56. The van der Waals surface area contributed by atoms with Crippen molar-refractivity contribution < 1.29 is 28.9 Å². The molecule has 0 atom stereocenters. The van der Waals surface area contributed by atoms with Crippen LogP contribution in [0.25, 0.3) is 22.0 Å². The lowest BCUT2D eigenvalue weighted by atomic mass is 10.0. The minimum atomic E-state index is -0.916. The zero-order chi connectivity index (χ0) is 26.9. The van der Waals surface area contributed by atoms with Gasteiger partial charge in [-0.1, -0.05) is 36.4 Å². The quantitative estimate of drug-likeness (QED) is 0.230. The van der Waals surface area contributed by atoms with Crippen LogP contribution in [-0.2, 0) is 21.3 Å². The van der Waals surface area contributed by atoms with Crippen LogP contribution in [0.1, 0.15) is 16.9 Å². The molecule has 0 aliphatic heterocycles. The number of aryl methyl sites for hydroxylation is 1. The van der Waals surface area contributed by atoms with E-state index in [0.717, 1.165) is 11.1 Å². The van der Waals surface area contributed by atoms with Crippen molar-refractivity contribution in [2.45, 2.75) is 6.42 Å². The second-order valence-electron chi connectivity index (χ2n) is 8.47. The van der Waals surface area contributed by atoms with E-state index in [2.05, 4.69) is 10.3 Å². The summed E-state index contributed by atoms with van der Waals surface area (Å²) >= 11 is 0. The first-order valence-corrected chi connectivity index (χ1v) is 12.1. The minimum absolute atomic E-state index is 0.0585. The van der Waals surface area contributed by atoms with Gasteiger partial charge in [0.25, 0.3) is 11.5 Å². The van der Waals surface area contributed by atoms with E-state index in [4.69, 9.17) is 19.3 Å². The van der Waals surface area contributed by atoms with Gasteiger partial charge < -0.3 is 34.2 Å². The Balaban J connectivity index is 1.46. The lowest BCUT2D eigenvalue weighted by Gasteiger charge is -2.13. The zero-order valence-corrected chi connectivity index (χ0v) is 20.9. The van der Waals surface area contributed by atoms with Crippen molar-refractivity contribution in [2.24, 2.45) is 7.05 Å². The minimum Gasteiger partial charge on any atom is -0.481 e. The molecule has 10 nitrogen and oxygen atoms in total. The number of benzene rings is 2. The molecule has 2 aromatic heterocycles. The van der Waals surface area contributed by atoms with Crippen molar-refractivity contribution in [3.63, 3.8) is 0 Å². The van der Waals surface area contributed by atoms with Crippen LogP contribution in [0.4, 0.5) is 0 Å². The van der Waals surface area contributed by atoms with Crippen LogP contribution in [0.15, 0.2) is 71.7 Å². The third-order valence-corrected chi connectivity index (χ3v) is 5.72. The topological polar surface area (TPSA) is 132 Å². The zero-order valence-electron chi connectivity index (χ0n) is 20.9. The molecule has 0 bridgehead atoms. The Hall–Kier alpha value is -4.41. The fourth-order valence-electron chi connectivity index (χ4n) is 3.88. The lowest BCUT2D eigenvalue weighted by molar-refractivity contribution is -0.138. The number of aromatic amines is 1. The van der Waals surface area contributed by atoms with Gasteiger partial charge in [-0.2, -0.15) is 0 Å². The number of fused-ring (bicyclic) bond motifs is 1. The molecule has 10 heteroatoms. The van der Waals surface area contributed by atoms with Crippen molar-refractivity contribution in [1.82, 2.24) is 14.9 Å². The predicted molar refractivity (Wildman–Crippen MR) is 142 cm³/mol. The van der Waals surface area contributed by atoms with Crippen LogP contribution < -0.4 is 15.6 Å². The molecule has 0 unspecified atom stereocenters.